The van der Waals surface area contributed by atoms with Crippen molar-refractivity contribution in [3.8, 4) is 0 Å². The Morgan fingerprint density at radius 1 is 1.08 bits per heavy atom. The fraction of sp³-hybridized carbons (Fsp3) is 0.0556. The number of hydrogen-bond acceptors (Lipinski definition) is 4. The number of carbonyl (C=O) groups is 1. The zero-order valence-corrected chi connectivity index (χ0v) is 14.1. The monoisotopic (exact) mass is 370 g/mol. The van der Waals surface area contributed by atoms with E-state index in [1.54, 1.807) is 6.07 Å². The molecule has 130 valence electrons. The molecule has 0 bridgehead atoms. The summed E-state index contributed by atoms with van der Waals surface area (Å²) < 4.78 is 26.4. The largest absolute Gasteiger partial charge is 0.351 e. The van der Waals surface area contributed by atoms with Gasteiger partial charge in [0.05, 0.1) is 11.3 Å². The van der Waals surface area contributed by atoms with Crippen LogP contribution in [0.15, 0.2) is 53.8 Å². The zero-order chi connectivity index (χ0) is 18.1. The molecule has 4 rings (SSSR count). The first kappa shape index (κ1) is 16.5. The Hall–Kier alpha value is -3.00. The van der Waals surface area contributed by atoms with Crippen LogP contribution < -0.4 is 5.32 Å². The van der Waals surface area contributed by atoms with E-state index < -0.39 is 0 Å². The molecule has 0 atom stereocenters. The Morgan fingerprint density at radius 2 is 1.85 bits per heavy atom. The van der Waals surface area contributed by atoms with E-state index in [4.69, 9.17) is 0 Å². The van der Waals surface area contributed by atoms with Crippen LogP contribution in [0.1, 0.15) is 0 Å². The number of rotatable bonds is 4. The summed E-state index contributed by atoms with van der Waals surface area (Å²) in [5.74, 6) is -0.829. The number of H-pyrrole nitrogens is 1. The van der Waals surface area contributed by atoms with Gasteiger partial charge in [0.2, 0.25) is 5.91 Å². The van der Waals surface area contributed by atoms with Crippen LogP contribution in [0.3, 0.4) is 0 Å². The predicted molar refractivity (Wildman–Crippen MR) is 97.1 cm³/mol. The summed E-state index contributed by atoms with van der Waals surface area (Å²) in [6, 6.07) is 9.97. The second kappa shape index (κ2) is 6.72. The van der Waals surface area contributed by atoms with Gasteiger partial charge in [-0.1, -0.05) is 11.8 Å². The first-order valence-electron chi connectivity index (χ1n) is 7.70. The number of nitrogens with one attached hydrogen (secondary N) is 2. The lowest BCUT2D eigenvalue weighted by Gasteiger charge is -2.05. The lowest BCUT2D eigenvalue weighted by molar-refractivity contribution is -0.113. The first-order valence-corrected chi connectivity index (χ1v) is 8.69. The van der Waals surface area contributed by atoms with Crippen molar-refractivity contribution in [2.45, 2.75) is 5.03 Å². The minimum atomic E-state index is -0.365. The first-order chi connectivity index (χ1) is 12.6. The smallest absolute Gasteiger partial charge is 0.234 e. The summed E-state index contributed by atoms with van der Waals surface area (Å²) in [6.07, 6.45) is 1.39. The van der Waals surface area contributed by atoms with Gasteiger partial charge in [-0.05, 0) is 42.5 Å². The van der Waals surface area contributed by atoms with Crippen molar-refractivity contribution in [1.29, 1.82) is 0 Å². The molecule has 0 saturated carbocycles. The topological polar surface area (TPSA) is 70.7 Å². The van der Waals surface area contributed by atoms with Crippen LogP contribution in [-0.2, 0) is 4.79 Å². The average Bonchev–Trinajstić information content (AvgIpc) is 3.00. The Balaban J connectivity index is 1.54. The molecule has 1 amide bonds. The van der Waals surface area contributed by atoms with Crippen molar-refractivity contribution in [2.24, 2.45) is 0 Å². The number of halogens is 2. The fourth-order valence-corrected chi connectivity index (χ4v) is 3.37. The molecule has 0 aliphatic heterocycles. The standard InChI is InChI=1S/C18H12F2N4OS/c19-10-1-4-12(5-2-10)23-15(25)8-26-18-17-16(21-9-22-18)13-7-11(20)3-6-14(13)24-17/h1-7,9,24H,8H2,(H,23,25). The SMILES string of the molecule is O=C(CSc1ncnc2c1[nH]c1ccc(F)cc12)Nc1ccc(F)cc1. The van der Waals surface area contributed by atoms with Gasteiger partial charge in [0.25, 0.3) is 0 Å². The van der Waals surface area contributed by atoms with E-state index in [9.17, 15) is 13.6 Å². The molecule has 0 aliphatic rings. The van der Waals surface area contributed by atoms with E-state index in [1.165, 1.54) is 54.5 Å². The highest BCUT2D eigenvalue weighted by molar-refractivity contribution is 8.00. The molecular weight excluding hydrogens is 358 g/mol. The number of hydrogen-bond donors (Lipinski definition) is 2. The number of aromatic amines is 1. The van der Waals surface area contributed by atoms with E-state index in [0.717, 1.165) is 5.52 Å². The van der Waals surface area contributed by atoms with Crippen LogP contribution in [0.5, 0.6) is 0 Å². The van der Waals surface area contributed by atoms with E-state index >= 15 is 0 Å². The normalized spacial score (nSPS) is 11.2. The number of thioether (sulfide) groups is 1. The van der Waals surface area contributed by atoms with Gasteiger partial charge in [-0.3, -0.25) is 4.79 Å². The molecule has 8 heteroatoms. The van der Waals surface area contributed by atoms with Gasteiger partial charge in [-0.2, -0.15) is 0 Å². The number of aromatic nitrogens is 3. The van der Waals surface area contributed by atoms with Crippen molar-refractivity contribution in [3.63, 3.8) is 0 Å². The van der Waals surface area contributed by atoms with Gasteiger partial charge in [0.15, 0.2) is 0 Å². The molecule has 2 aromatic heterocycles. The van der Waals surface area contributed by atoms with Gasteiger partial charge < -0.3 is 10.3 Å². The van der Waals surface area contributed by atoms with Crippen molar-refractivity contribution in [3.05, 3.63) is 60.4 Å². The van der Waals surface area contributed by atoms with Crippen LogP contribution >= 0.6 is 11.8 Å². The summed E-state index contributed by atoms with van der Waals surface area (Å²) in [4.78, 5) is 23.7. The second-order valence-corrected chi connectivity index (χ2v) is 6.53. The molecule has 0 saturated heterocycles. The molecule has 4 aromatic rings. The average molecular weight is 370 g/mol. The number of benzene rings is 2. The quantitative estimate of drug-likeness (QED) is 0.419. The summed E-state index contributed by atoms with van der Waals surface area (Å²) in [6.45, 7) is 0. The van der Waals surface area contributed by atoms with E-state index in [1.807, 2.05) is 0 Å². The van der Waals surface area contributed by atoms with Gasteiger partial charge in [-0.15, -0.1) is 0 Å². The predicted octanol–water partition coefficient (Wildman–Crippen LogP) is 4.12. The fourth-order valence-electron chi connectivity index (χ4n) is 2.62. The molecule has 26 heavy (non-hydrogen) atoms. The summed E-state index contributed by atoms with van der Waals surface area (Å²) in [5.41, 5.74) is 2.54. The lowest BCUT2D eigenvalue weighted by atomic mass is 10.2. The van der Waals surface area contributed by atoms with Crippen LogP contribution in [0.25, 0.3) is 21.9 Å². The van der Waals surface area contributed by atoms with Crippen molar-refractivity contribution >= 4 is 45.3 Å². The minimum Gasteiger partial charge on any atom is -0.351 e. The molecule has 0 radical (unpaired) electrons. The third-order valence-electron chi connectivity index (χ3n) is 3.78. The molecule has 0 unspecified atom stereocenters. The minimum absolute atomic E-state index is 0.118. The molecule has 0 spiro atoms. The molecular formula is C18H12F2N4OS. The molecule has 2 heterocycles. The van der Waals surface area contributed by atoms with E-state index in [2.05, 4.69) is 20.3 Å². The molecule has 2 N–H and O–H groups in total. The summed E-state index contributed by atoms with van der Waals surface area (Å²) >= 11 is 1.24. The van der Waals surface area contributed by atoms with Crippen LogP contribution in [0.2, 0.25) is 0 Å². The van der Waals surface area contributed by atoms with Gasteiger partial charge in [0, 0.05) is 16.6 Å². The Labute approximate surface area is 150 Å². The number of amides is 1. The highest BCUT2D eigenvalue weighted by Gasteiger charge is 2.13. The summed E-state index contributed by atoms with van der Waals surface area (Å²) in [5, 5.41) is 3.96. The van der Waals surface area contributed by atoms with Crippen molar-refractivity contribution in [2.75, 3.05) is 11.1 Å². The molecule has 0 fully saturated rings. The van der Waals surface area contributed by atoms with Crippen LogP contribution in [0.4, 0.5) is 14.5 Å². The molecule has 2 aromatic carbocycles. The third kappa shape index (κ3) is 3.23. The maximum atomic E-state index is 13.5. The van der Waals surface area contributed by atoms with E-state index in [0.29, 0.717) is 27.1 Å². The maximum absolute atomic E-state index is 13.5. The Bertz CT molecular complexity index is 1110. The third-order valence-corrected chi connectivity index (χ3v) is 4.77. The molecule has 5 nitrogen and oxygen atoms in total. The van der Waals surface area contributed by atoms with Crippen LogP contribution in [0, 0.1) is 11.6 Å². The van der Waals surface area contributed by atoms with Crippen molar-refractivity contribution < 1.29 is 13.6 Å². The zero-order valence-electron chi connectivity index (χ0n) is 13.3. The Morgan fingerprint density at radius 3 is 2.65 bits per heavy atom. The van der Waals surface area contributed by atoms with E-state index in [-0.39, 0.29) is 23.3 Å². The summed E-state index contributed by atoms with van der Waals surface area (Å²) in [7, 11) is 0. The van der Waals surface area contributed by atoms with Crippen LogP contribution in [-0.4, -0.2) is 26.6 Å². The van der Waals surface area contributed by atoms with Gasteiger partial charge >= 0.3 is 0 Å². The number of fused-ring (bicyclic) bond motifs is 3. The molecule has 0 aliphatic carbocycles. The highest BCUT2D eigenvalue weighted by atomic mass is 32.2. The van der Waals surface area contributed by atoms with Crippen molar-refractivity contribution in [1.82, 2.24) is 15.0 Å². The highest BCUT2D eigenvalue weighted by Crippen LogP contribution is 2.30. The number of anilines is 1. The maximum Gasteiger partial charge on any atom is 0.234 e. The number of nitrogens with zero attached hydrogens (tertiary/aromatic N) is 2. The van der Waals surface area contributed by atoms with Gasteiger partial charge in [-0.25, -0.2) is 18.7 Å². The number of carbonyl (C=O) groups excluding carboxylic acids is 1. The lowest BCUT2D eigenvalue weighted by Crippen LogP contribution is -2.14. The van der Waals surface area contributed by atoms with Gasteiger partial charge in [0.1, 0.15) is 28.5 Å². The second-order valence-electron chi connectivity index (χ2n) is 5.56. The Kier molecular flexibility index (Phi) is 4.26.